The maximum atomic E-state index is 5.93. The smallest absolute Gasteiger partial charge is 0.173 e. The highest BCUT2D eigenvalue weighted by atomic mass is 35.5. The average Bonchev–Trinajstić information content (AvgIpc) is 3.10. The van der Waals surface area contributed by atoms with Crippen LogP contribution in [0.25, 0.3) is 0 Å². The third-order valence-corrected chi connectivity index (χ3v) is 4.83. The van der Waals surface area contributed by atoms with E-state index in [1.54, 1.807) is 0 Å². The van der Waals surface area contributed by atoms with Crippen LogP contribution in [-0.2, 0) is 0 Å². The lowest BCUT2D eigenvalue weighted by molar-refractivity contribution is 1.00. The van der Waals surface area contributed by atoms with Crippen LogP contribution in [0.1, 0.15) is 12.8 Å². The molecule has 0 unspecified atom stereocenters. The van der Waals surface area contributed by atoms with E-state index < -0.39 is 0 Å². The molecule has 84 valence electrons. The molecule has 3 rings (SSSR count). The Hall–Kier alpha value is -0.320. The molecule has 2 nitrogen and oxygen atoms in total. The predicted octanol–water partition coefficient (Wildman–Crippen LogP) is 4.27. The quantitative estimate of drug-likeness (QED) is 0.812. The van der Waals surface area contributed by atoms with Crippen molar-refractivity contribution in [1.29, 1.82) is 0 Å². The first-order chi connectivity index (χ1) is 7.81. The molecule has 5 heteroatoms. The van der Waals surface area contributed by atoms with E-state index in [-0.39, 0.29) is 0 Å². The van der Waals surface area contributed by atoms with Gasteiger partial charge in [-0.3, -0.25) is 0 Å². The van der Waals surface area contributed by atoms with E-state index in [1.807, 2.05) is 30.0 Å². The van der Waals surface area contributed by atoms with Gasteiger partial charge in [-0.15, -0.1) is 0 Å². The standard InChI is InChI=1S/C11H11ClN2S2/c12-8-3-4-9-10(5-8)16-14-11(13-9)15-6-7-1-2-7/h3-5,7H,1-2,6H2,(H,13,14). The largest absolute Gasteiger partial charge is 0.333 e. The summed E-state index contributed by atoms with van der Waals surface area (Å²) in [6.07, 6.45) is 2.78. The Balaban J connectivity index is 1.68. The van der Waals surface area contributed by atoms with E-state index in [2.05, 4.69) is 9.71 Å². The Kier molecular flexibility index (Phi) is 3.05. The van der Waals surface area contributed by atoms with E-state index in [0.29, 0.717) is 0 Å². The number of thioether (sulfide) groups is 1. The first-order valence-corrected chi connectivity index (χ1v) is 7.39. The summed E-state index contributed by atoms with van der Waals surface area (Å²) in [5, 5.41) is 5.12. The second kappa shape index (κ2) is 4.51. The maximum Gasteiger partial charge on any atom is 0.173 e. The molecule has 1 saturated carbocycles. The molecule has 1 aliphatic heterocycles. The Bertz CT molecular complexity index is 444. The zero-order chi connectivity index (χ0) is 11.0. The van der Waals surface area contributed by atoms with Gasteiger partial charge in [-0.1, -0.05) is 23.4 Å². The van der Waals surface area contributed by atoms with Gasteiger partial charge in [0, 0.05) is 22.7 Å². The van der Waals surface area contributed by atoms with Gasteiger partial charge >= 0.3 is 0 Å². The highest BCUT2D eigenvalue weighted by Crippen LogP contribution is 2.38. The van der Waals surface area contributed by atoms with Gasteiger partial charge in [0.15, 0.2) is 5.17 Å². The fourth-order valence-electron chi connectivity index (χ4n) is 1.45. The SMILES string of the molecule is Clc1ccc2c(c1)SN=C(SCC1CC1)N2. The van der Waals surface area contributed by atoms with Crippen molar-refractivity contribution in [3.8, 4) is 0 Å². The molecule has 1 heterocycles. The molecule has 0 saturated heterocycles. The second-order valence-electron chi connectivity index (χ2n) is 4.01. The number of fused-ring (bicyclic) bond motifs is 1. The molecule has 0 radical (unpaired) electrons. The van der Waals surface area contributed by atoms with Gasteiger partial charge in [0.05, 0.1) is 10.6 Å². The molecule has 1 aliphatic carbocycles. The molecule has 0 aromatic heterocycles. The molecule has 1 fully saturated rings. The third kappa shape index (κ3) is 2.50. The minimum absolute atomic E-state index is 0.761. The van der Waals surface area contributed by atoms with Gasteiger partial charge in [-0.2, -0.15) is 4.40 Å². The highest BCUT2D eigenvalue weighted by molar-refractivity contribution is 8.15. The Morgan fingerprint density at radius 1 is 1.50 bits per heavy atom. The molecule has 0 atom stereocenters. The maximum absolute atomic E-state index is 5.93. The number of amidine groups is 1. The van der Waals surface area contributed by atoms with Crippen LogP contribution in [0.5, 0.6) is 0 Å². The van der Waals surface area contributed by atoms with Crippen LogP contribution in [0.4, 0.5) is 5.69 Å². The van der Waals surface area contributed by atoms with Crippen LogP contribution < -0.4 is 5.32 Å². The van der Waals surface area contributed by atoms with Crippen LogP contribution in [0.15, 0.2) is 27.5 Å². The van der Waals surface area contributed by atoms with Gasteiger partial charge in [0.25, 0.3) is 0 Å². The highest BCUT2D eigenvalue weighted by Gasteiger charge is 2.23. The Morgan fingerprint density at radius 3 is 3.19 bits per heavy atom. The molecule has 0 amide bonds. The minimum Gasteiger partial charge on any atom is -0.333 e. The van der Waals surface area contributed by atoms with Gasteiger partial charge in [-0.25, -0.2) is 0 Å². The molecule has 16 heavy (non-hydrogen) atoms. The summed E-state index contributed by atoms with van der Waals surface area (Å²) < 4.78 is 4.44. The van der Waals surface area contributed by atoms with Crippen molar-refractivity contribution in [2.24, 2.45) is 10.3 Å². The number of anilines is 1. The summed E-state index contributed by atoms with van der Waals surface area (Å²) in [5.74, 6) is 2.11. The summed E-state index contributed by atoms with van der Waals surface area (Å²) in [4.78, 5) is 1.10. The van der Waals surface area contributed by atoms with Crippen molar-refractivity contribution >= 4 is 46.2 Å². The number of hydrogen-bond donors (Lipinski definition) is 1. The van der Waals surface area contributed by atoms with Crippen LogP contribution >= 0.6 is 35.3 Å². The monoisotopic (exact) mass is 270 g/mol. The number of halogens is 1. The fourth-order valence-corrected chi connectivity index (χ4v) is 3.54. The molecule has 1 aromatic rings. The van der Waals surface area contributed by atoms with Crippen molar-refractivity contribution < 1.29 is 0 Å². The van der Waals surface area contributed by atoms with E-state index in [1.165, 1.54) is 30.5 Å². The summed E-state index contributed by atoms with van der Waals surface area (Å²) >= 11 is 9.25. The number of hydrogen-bond acceptors (Lipinski definition) is 4. The van der Waals surface area contributed by atoms with Crippen LogP contribution in [-0.4, -0.2) is 10.9 Å². The molecule has 0 spiro atoms. The fraction of sp³-hybridized carbons (Fsp3) is 0.364. The van der Waals surface area contributed by atoms with Gasteiger partial charge in [-0.05, 0) is 37.0 Å². The lowest BCUT2D eigenvalue weighted by atomic mass is 10.3. The molecular formula is C11H11ClN2S2. The molecule has 2 aliphatic rings. The van der Waals surface area contributed by atoms with Gasteiger partial charge in [0.1, 0.15) is 0 Å². The van der Waals surface area contributed by atoms with Crippen molar-refractivity contribution in [3.05, 3.63) is 23.2 Å². The van der Waals surface area contributed by atoms with Crippen LogP contribution in [0, 0.1) is 5.92 Å². The summed E-state index contributed by atoms with van der Waals surface area (Å²) in [6, 6.07) is 5.86. The zero-order valence-electron chi connectivity index (χ0n) is 8.57. The van der Waals surface area contributed by atoms with Crippen molar-refractivity contribution in [3.63, 3.8) is 0 Å². The Labute approximate surface area is 108 Å². The number of rotatable bonds is 2. The van der Waals surface area contributed by atoms with E-state index in [4.69, 9.17) is 11.6 Å². The lowest BCUT2D eigenvalue weighted by Gasteiger charge is -2.16. The van der Waals surface area contributed by atoms with Crippen molar-refractivity contribution in [2.75, 3.05) is 11.1 Å². The van der Waals surface area contributed by atoms with Gasteiger partial charge in [0.2, 0.25) is 0 Å². The van der Waals surface area contributed by atoms with Crippen LogP contribution in [0.2, 0.25) is 5.02 Å². The summed E-state index contributed by atoms with van der Waals surface area (Å²) in [7, 11) is 0. The molecule has 0 bridgehead atoms. The van der Waals surface area contributed by atoms with E-state index in [9.17, 15) is 0 Å². The lowest BCUT2D eigenvalue weighted by Crippen LogP contribution is -2.11. The third-order valence-electron chi connectivity index (χ3n) is 2.56. The average molecular weight is 271 g/mol. The van der Waals surface area contributed by atoms with Crippen molar-refractivity contribution in [2.45, 2.75) is 17.7 Å². The Morgan fingerprint density at radius 2 is 2.38 bits per heavy atom. The number of nitrogens with zero attached hydrogens (tertiary/aromatic N) is 1. The summed E-state index contributed by atoms with van der Waals surface area (Å²) in [5.41, 5.74) is 1.11. The topological polar surface area (TPSA) is 24.4 Å². The van der Waals surface area contributed by atoms with Crippen LogP contribution in [0.3, 0.4) is 0 Å². The van der Waals surface area contributed by atoms with Gasteiger partial charge < -0.3 is 5.32 Å². The second-order valence-corrected chi connectivity index (χ2v) is 6.26. The summed E-state index contributed by atoms with van der Waals surface area (Å²) in [6.45, 7) is 0. The molecule has 1 aromatic carbocycles. The first kappa shape index (κ1) is 10.8. The first-order valence-electron chi connectivity index (χ1n) is 5.25. The van der Waals surface area contributed by atoms with E-state index in [0.717, 1.165) is 26.7 Å². The normalized spacial score (nSPS) is 18.7. The zero-order valence-corrected chi connectivity index (χ0v) is 11.0. The van der Waals surface area contributed by atoms with Crippen molar-refractivity contribution in [1.82, 2.24) is 0 Å². The predicted molar refractivity (Wildman–Crippen MR) is 73.5 cm³/mol. The number of nitrogens with one attached hydrogen (secondary N) is 1. The van der Waals surface area contributed by atoms with E-state index >= 15 is 0 Å². The number of benzene rings is 1. The molecular weight excluding hydrogens is 260 g/mol. The molecule has 1 N–H and O–H groups in total. The minimum atomic E-state index is 0.761.